The Bertz CT molecular complexity index is 652. The molecule has 1 heterocycles. The van der Waals surface area contributed by atoms with E-state index in [1.807, 2.05) is 17.0 Å². The second kappa shape index (κ2) is 8.38. The molecule has 150 valence electrons. The average Bonchev–Trinajstić information content (AvgIpc) is 3.08. The van der Waals surface area contributed by atoms with Gasteiger partial charge < -0.3 is 23.8 Å². The Morgan fingerprint density at radius 1 is 1.07 bits per heavy atom. The Balaban J connectivity index is 1.75. The van der Waals surface area contributed by atoms with Crippen molar-refractivity contribution in [3.05, 3.63) is 17.7 Å². The summed E-state index contributed by atoms with van der Waals surface area (Å²) in [6.07, 6.45) is 6.23. The minimum absolute atomic E-state index is 0.137. The first kappa shape index (κ1) is 19.8. The van der Waals surface area contributed by atoms with Crippen LogP contribution in [0.4, 0.5) is 0 Å². The molecule has 1 saturated heterocycles. The molecular formula is C21H31NO5. The Kier molecular flexibility index (Phi) is 6.15. The zero-order valence-corrected chi connectivity index (χ0v) is 16.9. The highest BCUT2D eigenvalue weighted by Gasteiger charge is 2.46. The van der Waals surface area contributed by atoms with Gasteiger partial charge in [-0.3, -0.25) is 4.79 Å². The Hall–Kier alpha value is -1.95. The fourth-order valence-electron chi connectivity index (χ4n) is 4.84. The van der Waals surface area contributed by atoms with Crippen molar-refractivity contribution in [3.63, 3.8) is 0 Å². The summed E-state index contributed by atoms with van der Waals surface area (Å²) in [5, 5.41) is 0. The van der Waals surface area contributed by atoms with Crippen LogP contribution in [0.3, 0.4) is 0 Å². The van der Waals surface area contributed by atoms with E-state index in [1.54, 1.807) is 28.4 Å². The highest BCUT2D eigenvalue weighted by molar-refractivity contribution is 5.79. The van der Waals surface area contributed by atoms with Crippen LogP contribution in [-0.4, -0.2) is 58.4 Å². The van der Waals surface area contributed by atoms with Gasteiger partial charge in [0.1, 0.15) is 0 Å². The van der Waals surface area contributed by atoms with Gasteiger partial charge in [0, 0.05) is 25.6 Å². The van der Waals surface area contributed by atoms with Crippen molar-refractivity contribution in [2.24, 2.45) is 5.41 Å². The number of hydrogen-bond acceptors (Lipinski definition) is 5. The van der Waals surface area contributed by atoms with E-state index in [9.17, 15) is 4.79 Å². The second-order valence-corrected chi connectivity index (χ2v) is 7.61. The number of ether oxygens (including phenoxy) is 4. The molecule has 2 fully saturated rings. The van der Waals surface area contributed by atoms with Crippen LogP contribution in [0.2, 0.25) is 0 Å². The zero-order valence-electron chi connectivity index (χ0n) is 16.9. The number of nitrogens with zero attached hydrogens (tertiary/aromatic N) is 1. The van der Waals surface area contributed by atoms with Crippen molar-refractivity contribution in [2.75, 3.05) is 41.5 Å². The fraction of sp³-hybridized carbons (Fsp3) is 0.667. The smallest absolute Gasteiger partial charge is 0.227 e. The van der Waals surface area contributed by atoms with Gasteiger partial charge >= 0.3 is 0 Å². The zero-order chi connectivity index (χ0) is 19.4. The van der Waals surface area contributed by atoms with E-state index in [-0.39, 0.29) is 17.4 Å². The van der Waals surface area contributed by atoms with E-state index in [1.165, 1.54) is 6.42 Å². The normalized spacial score (nSPS) is 24.9. The summed E-state index contributed by atoms with van der Waals surface area (Å²) in [5.74, 6) is 1.84. The molecule has 3 rings (SSSR count). The summed E-state index contributed by atoms with van der Waals surface area (Å²) in [6.45, 7) is 1.62. The third kappa shape index (κ3) is 3.86. The Morgan fingerprint density at radius 2 is 1.74 bits per heavy atom. The summed E-state index contributed by atoms with van der Waals surface area (Å²) in [4.78, 5) is 15.0. The van der Waals surface area contributed by atoms with Crippen LogP contribution in [0, 0.1) is 5.41 Å². The first-order valence-electron chi connectivity index (χ1n) is 9.66. The van der Waals surface area contributed by atoms with Gasteiger partial charge in [-0.2, -0.15) is 0 Å². The van der Waals surface area contributed by atoms with Crippen molar-refractivity contribution < 1.29 is 23.7 Å². The van der Waals surface area contributed by atoms with Gasteiger partial charge in [-0.05, 0) is 43.4 Å². The third-order valence-electron chi connectivity index (χ3n) is 6.15. The Labute approximate surface area is 161 Å². The number of likely N-dealkylation sites (tertiary alicyclic amines) is 1. The summed E-state index contributed by atoms with van der Waals surface area (Å²) in [7, 11) is 6.55. The maximum Gasteiger partial charge on any atom is 0.227 e. The number of carbonyl (C=O) groups excluding carboxylic acids is 1. The molecule has 2 aliphatic rings. The molecule has 27 heavy (non-hydrogen) atoms. The van der Waals surface area contributed by atoms with Gasteiger partial charge in [0.25, 0.3) is 0 Å². The van der Waals surface area contributed by atoms with Crippen LogP contribution in [0.25, 0.3) is 0 Å². The molecule has 2 atom stereocenters. The molecule has 1 saturated carbocycles. The van der Waals surface area contributed by atoms with E-state index in [0.717, 1.165) is 44.3 Å². The molecule has 1 spiro atoms. The molecule has 1 aromatic carbocycles. The second-order valence-electron chi connectivity index (χ2n) is 7.61. The predicted molar refractivity (Wildman–Crippen MR) is 103 cm³/mol. The first-order chi connectivity index (χ1) is 13.1. The maximum atomic E-state index is 13.0. The fourth-order valence-corrected chi connectivity index (χ4v) is 4.84. The molecular weight excluding hydrogens is 346 g/mol. The molecule has 6 nitrogen and oxygen atoms in total. The van der Waals surface area contributed by atoms with Gasteiger partial charge in [-0.15, -0.1) is 0 Å². The van der Waals surface area contributed by atoms with Crippen LogP contribution in [0.1, 0.15) is 37.7 Å². The van der Waals surface area contributed by atoms with Crippen LogP contribution < -0.4 is 14.2 Å². The predicted octanol–water partition coefficient (Wildman–Crippen LogP) is 3.06. The van der Waals surface area contributed by atoms with E-state index in [4.69, 9.17) is 18.9 Å². The van der Waals surface area contributed by atoms with Crippen LogP contribution in [0.5, 0.6) is 17.2 Å². The van der Waals surface area contributed by atoms with Crippen molar-refractivity contribution in [1.82, 2.24) is 4.90 Å². The van der Waals surface area contributed by atoms with Crippen LogP contribution in [0.15, 0.2) is 12.1 Å². The summed E-state index contributed by atoms with van der Waals surface area (Å²) >= 11 is 0. The molecule has 0 N–H and O–H groups in total. The third-order valence-corrected chi connectivity index (χ3v) is 6.15. The molecule has 1 amide bonds. The molecule has 0 unspecified atom stereocenters. The number of benzene rings is 1. The van der Waals surface area contributed by atoms with E-state index >= 15 is 0 Å². The number of piperidine rings is 1. The monoisotopic (exact) mass is 377 g/mol. The highest BCUT2D eigenvalue weighted by Crippen LogP contribution is 2.46. The molecule has 6 heteroatoms. The van der Waals surface area contributed by atoms with E-state index < -0.39 is 0 Å². The van der Waals surface area contributed by atoms with Crippen LogP contribution in [-0.2, 0) is 16.0 Å². The van der Waals surface area contributed by atoms with Gasteiger partial charge in [0.15, 0.2) is 11.5 Å². The maximum absolute atomic E-state index is 13.0. The summed E-state index contributed by atoms with van der Waals surface area (Å²) < 4.78 is 21.9. The number of carbonyl (C=O) groups is 1. The minimum atomic E-state index is 0.137. The highest BCUT2D eigenvalue weighted by atomic mass is 16.5. The van der Waals surface area contributed by atoms with Crippen molar-refractivity contribution in [1.29, 1.82) is 0 Å². The SMILES string of the molecule is COc1cc(CC(=O)N2CCC[C@@]3(CCC[C@H]3OC)C2)cc(OC)c1OC. The van der Waals surface area contributed by atoms with E-state index in [0.29, 0.717) is 23.7 Å². The molecule has 1 aromatic rings. The summed E-state index contributed by atoms with van der Waals surface area (Å²) in [6, 6.07) is 3.71. The lowest BCUT2D eigenvalue weighted by molar-refractivity contribution is -0.136. The van der Waals surface area contributed by atoms with Crippen molar-refractivity contribution in [2.45, 2.75) is 44.6 Å². The standard InChI is InChI=1S/C21H31NO5/c1-24-16-11-15(12-17(25-2)20(16)27-4)13-19(23)22-10-6-9-21(14-22)8-5-7-18(21)26-3/h11-12,18H,5-10,13-14H2,1-4H3/t18-,21+/m1/s1. The van der Waals surface area contributed by atoms with Crippen molar-refractivity contribution >= 4 is 5.91 Å². The molecule has 0 bridgehead atoms. The van der Waals surface area contributed by atoms with Gasteiger partial charge in [-0.25, -0.2) is 0 Å². The molecule has 1 aliphatic carbocycles. The minimum Gasteiger partial charge on any atom is -0.493 e. The van der Waals surface area contributed by atoms with Crippen molar-refractivity contribution in [3.8, 4) is 17.2 Å². The first-order valence-corrected chi connectivity index (χ1v) is 9.66. The number of hydrogen-bond donors (Lipinski definition) is 0. The number of rotatable bonds is 6. The Morgan fingerprint density at radius 3 is 2.33 bits per heavy atom. The summed E-state index contributed by atoms with van der Waals surface area (Å²) in [5.41, 5.74) is 1.00. The largest absolute Gasteiger partial charge is 0.493 e. The van der Waals surface area contributed by atoms with Crippen LogP contribution >= 0.6 is 0 Å². The van der Waals surface area contributed by atoms with E-state index in [2.05, 4.69) is 0 Å². The average molecular weight is 377 g/mol. The number of amides is 1. The quantitative estimate of drug-likeness (QED) is 0.763. The molecule has 0 radical (unpaired) electrons. The van der Waals surface area contributed by atoms with Gasteiger partial charge in [0.05, 0.1) is 33.9 Å². The van der Waals surface area contributed by atoms with Gasteiger partial charge in [-0.1, -0.05) is 6.42 Å². The molecule has 0 aromatic heterocycles. The molecule has 1 aliphatic heterocycles. The lowest BCUT2D eigenvalue weighted by Gasteiger charge is -2.43. The lowest BCUT2D eigenvalue weighted by Crippen LogP contribution is -2.50. The topological polar surface area (TPSA) is 57.2 Å². The van der Waals surface area contributed by atoms with Gasteiger partial charge in [0.2, 0.25) is 11.7 Å². The lowest BCUT2D eigenvalue weighted by atomic mass is 9.76. The number of methoxy groups -OCH3 is 4.